The molecule has 0 aliphatic carbocycles. The first kappa shape index (κ1) is 7.92. The minimum Gasteiger partial charge on any atom is -0.154 e. The molecule has 10 heavy (non-hydrogen) atoms. The van der Waals surface area contributed by atoms with Gasteiger partial charge in [-0.1, -0.05) is 29.8 Å². The van der Waals surface area contributed by atoms with Crippen molar-refractivity contribution in [2.24, 2.45) is 0 Å². The highest BCUT2D eigenvalue weighted by molar-refractivity contribution is 7.73. The van der Waals surface area contributed by atoms with E-state index in [1.807, 2.05) is 30.3 Å². The van der Waals surface area contributed by atoms with Gasteiger partial charge >= 0.3 is 0 Å². The van der Waals surface area contributed by atoms with Crippen LogP contribution in [0.3, 0.4) is 0 Å². The molecule has 1 aromatic carbocycles. The maximum absolute atomic E-state index is 5.32. The van der Waals surface area contributed by atoms with Gasteiger partial charge in [0.05, 0.1) is 0 Å². The van der Waals surface area contributed by atoms with Gasteiger partial charge < -0.3 is 0 Å². The second kappa shape index (κ2) is 4.61. The monoisotopic (exact) mass is 175 g/mol. The summed E-state index contributed by atoms with van der Waals surface area (Å²) in [6.07, 6.45) is 0. The topological polar surface area (TPSA) is 9.23 Å². The van der Waals surface area contributed by atoms with E-state index in [1.54, 1.807) is 0 Å². The molecule has 0 bridgehead atoms. The van der Waals surface area contributed by atoms with Crippen LogP contribution < -0.4 is 0 Å². The third-order valence-electron chi connectivity index (χ3n) is 0.975. The number of rotatable bonds is 3. The molecule has 0 aliphatic rings. The molecule has 54 valence electrons. The zero-order valence-corrected chi connectivity index (χ0v) is 6.98. The van der Waals surface area contributed by atoms with E-state index in [0.717, 1.165) is 16.9 Å². The average molecular weight is 176 g/mol. The fourth-order valence-corrected chi connectivity index (χ4v) is 1.23. The minimum atomic E-state index is 0.246. The number of alkyl halides is 1. The standard InChI is InChI=1S/C7H7ClOS/c8-6-9-10-7-4-2-1-3-5-7/h1-5H,6H2/p+1. The summed E-state index contributed by atoms with van der Waals surface area (Å²) >= 11 is 6.15. The van der Waals surface area contributed by atoms with Crippen LogP contribution in [0.2, 0.25) is 0 Å². The van der Waals surface area contributed by atoms with Crippen LogP contribution in [0.25, 0.3) is 0 Å². The molecule has 0 unspecified atom stereocenters. The van der Waals surface area contributed by atoms with Crippen LogP contribution in [0, 0.1) is 0 Å². The molecule has 0 heterocycles. The Morgan fingerprint density at radius 3 is 2.60 bits per heavy atom. The summed E-state index contributed by atoms with van der Waals surface area (Å²) in [5.74, 6) is 0. The highest BCUT2D eigenvalue weighted by atomic mass is 35.5. The van der Waals surface area contributed by atoms with Crippen molar-refractivity contribution in [3.63, 3.8) is 0 Å². The summed E-state index contributed by atoms with van der Waals surface area (Å²) in [5, 5.41) is 0. The van der Waals surface area contributed by atoms with Crippen molar-refractivity contribution in [2.75, 3.05) is 6.07 Å². The Bertz CT molecular complexity index is 178. The van der Waals surface area contributed by atoms with Crippen LogP contribution in [0.5, 0.6) is 0 Å². The lowest BCUT2D eigenvalue weighted by Gasteiger charge is -1.86. The molecule has 0 aromatic heterocycles. The number of benzene rings is 1. The lowest BCUT2D eigenvalue weighted by Crippen LogP contribution is -1.86. The summed E-state index contributed by atoms with van der Waals surface area (Å²) < 4.78 is 4.96. The first-order valence-corrected chi connectivity index (χ1v) is 4.22. The highest BCUT2D eigenvalue weighted by Gasteiger charge is 1.99. The highest BCUT2D eigenvalue weighted by Crippen LogP contribution is 2.02. The molecule has 0 N–H and O–H groups in total. The molecule has 0 radical (unpaired) electrons. The summed E-state index contributed by atoms with van der Waals surface area (Å²) in [5.41, 5.74) is 0. The molecule has 1 rings (SSSR count). The van der Waals surface area contributed by atoms with Crippen molar-refractivity contribution in [3.8, 4) is 0 Å². The SMILES string of the molecule is ClCO[SH+]c1ccccc1. The minimum absolute atomic E-state index is 0.246. The van der Waals surface area contributed by atoms with Gasteiger partial charge in [0.1, 0.15) is 0 Å². The van der Waals surface area contributed by atoms with E-state index in [2.05, 4.69) is 0 Å². The maximum Gasteiger partial charge on any atom is 0.187 e. The third kappa shape index (κ3) is 2.60. The van der Waals surface area contributed by atoms with Gasteiger partial charge in [0.15, 0.2) is 23.0 Å². The van der Waals surface area contributed by atoms with Gasteiger partial charge in [0.25, 0.3) is 0 Å². The van der Waals surface area contributed by atoms with E-state index in [-0.39, 0.29) is 6.07 Å². The van der Waals surface area contributed by atoms with E-state index >= 15 is 0 Å². The van der Waals surface area contributed by atoms with Gasteiger partial charge in [-0.05, 0) is 12.1 Å². The predicted molar refractivity (Wildman–Crippen MR) is 45.3 cm³/mol. The Hall–Kier alpha value is -0.180. The van der Waals surface area contributed by atoms with Crippen LogP contribution in [0.4, 0.5) is 0 Å². The molecule has 0 spiro atoms. The fraction of sp³-hybridized carbons (Fsp3) is 0.143. The van der Waals surface area contributed by atoms with Gasteiger partial charge in [-0.25, -0.2) is 0 Å². The summed E-state index contributed by atoms with van der Waals surface area (Å²) in [7, 11) is 0. The summed E-state index contributed by atoms with van der Waals surface area (Å²) in [6.45, 7) is 0. The lowest BCUT2D eigenvalue weighted by atomic mass is 10.4. The Kier molecular flexibility index (Phi) is 3.65. The molecule has 0 amide bonds. The Balaban J connectivity index is 2.43. The van der Waals surface area contributed by atoms with Crippen LogP contribution in [-0.2, 0) is 16.2 Å². The van der Waals surface area contributed by atoms with Crippen molar-refractivity contribution in [2.45, 2.75) is 4.90 Å². The summed E-state index contributed by atoms with van der Waals surface area (Å²) in [4.78, 5) is 1.13. The predicted octanol–water partition coefficient (Wildman–Crippen LogP) is 1.99. The van der Waals surface area contributed by atoms with Gasteiger partial charge in [0, 0.05) is 0 Å². The second-order valence-electron chi connectivity index (χ2n) is 1.67. The lowest BCUT2D eigenvalue weighted by molar-refractivity contribution is 0.454. The van der Waals surface area contributed by atoms with Gasteiger partial charge in [-0.3, -0.25) is 0 Å². The molecule has 1 nitrogen and oxygen atoms in total. The average Bonchev–Trinajstić information content (AvgIpc) is 2.03. The van der Waals surface area contributed by atoms with Crippen LogP contribution in [0.15, 0.2) is 35.2 Å². The van der Waals surface area contributed by atoms with Crippen molar-refractivity contribution in [1.82, 2.24) is 0 Å². The molecule has 0 saturated heterocycles. The fourth-order valence-electron chi connectivity index (χ4n) is 0.588. The molecular formula is C7H8ClOS+. The Morgan fingerprint density at radius 1 is 1.30 bits per heavy atom. The maximum atomic E-state index is 5.32. The van der Waals surface area contributed by atoms with Crippen molar-refractivity contribution >= 4 is 23.6 Å². The first-order chi connectivity index (χ1) is 4.93. The van der Waals surface area contributed by atoms with Gasteiger partial charge in [-0.15, -0.1) is 0 Å². The smallest absolute Gasteiger partial charge is 0.154 e. The quantitative estimate of drug-likeness (QED) is 0.388. The van der Waals surface area contributed by atoms with Gasteiger partial charge in [-0.2, -0.15) is 4.18 Å². The van der Waals surface area contributed by atoms with Crippen molar-refractivity contribution < 1.29 is 4.18 Å². The second-order valence-corrected chi connectivity index (χ2v) is 2.84. The van der Waals surface area contributed by atoms with E-state index in [4.69, 9.17) is 15.8 Å². The zero-order valence-electron chi connectivity index (χ0n) is 5.33. The number of hydrogen-bond acceptors (Lipinski definition) is 1. The normalized spacial score (nSPS) is 9.70. The molecular weight excluding hydrogens is 168 g/mol. The number of halogens is 1. The number of hydrogen-bond donors (Lipinski definition) is 0. The summed E-state index contributed by atoms with van der Waals surface area (Å²) in [6, 6.07) is 10.2. The molecule has 0 fully saturated rings. The number of thiol groups is 1. The zero-order chi connectivity index (χ0) is 7.23. The molecule has 0 saturated carbocycles. The molecule has 1 aromatic rings. The van der Waals surface area contributed by atoms with E-state index < -0.39 is 0 Å². The van der Waals surface area contributed by atoms with Crippen molar-refractivity contribution in [1.29, 1.82) is 0 Å². The third-order valence-corrected chi connectivity index (χ3v) is 2.00. The largest absolute Gasteiger partial charge is 0.187 e. The molecule has 3 heteroatoms. The van der Waals surface area contributed by atoms with E-state index in [0.29, 0.717) is 0 Å². The van der Waals surface area contributed by atoms with Crippen LogP contribution in [-0.4, -0.2) is 6.07 Å². The molecule has 0 atom stereocenters. The van der Waals surface area contributed by atoms with E-state index in [1.165, 1.54) is 0 Å². The Labute approximate surface area is 69.5 Å². The van der Waals surface area contributed by atoms with Gasteiger partial charge in [0.2, 0.25) is 0 Å². The van der Waals surface area contributed by atoms with Crippen molar-refractivity contribution in [3.05, 3.63) is 30.3 Å². The first-order valence-electron chi connectivity index (χ1n) is 2.87. The van der Waals surface area contributed by atoms with Crippen LogP contribution >= 0.6 is 11.6 Å². The molecule has 0 aliphatic heterocycles. The Morgan fingerprint density at radius 2 is 2.00 bits per heavy atom. The van der Waals surface area contributed by atoms with Crippen LogP contribution in [0.1, 0.15) is 0 Å². The van der Waals surface area contributed by atoms with E-state index in [9.17, 15) is 0 Å².